The molecule has 0 fully saturated rings. The molecule has 0 unspecified atom stereocenters. The first-order valence-electron chi connectivity index (χ1n) is 8.71. The maximum absolute atomic E-state index is 12.2. The van der Waals surface area contributed by atoms with Crippen molar-refractivity contribution in [2.24, 2.45) is 0 Å². The maximum atomic E-state index is 12.2. The van der Waals surface area contributed by atoms with E-state index in [0.717, 1.165) is 16.9 Å². The SMILES string of the molecule is Cc1ccc(NN(C)c2cccc(NC(=O)Nc3ccc(N)cc3)c2)cc1Cl. The van der Waals surface area contributed by atoms with E-state index in [0.29, 0.717) is 22.1 Å². The second kappa shape index (κ2) is 8.54. The standard InChI is InChI=1S/C21H22ClN5O/c1-14-6-9-18(13-20(14)22)26-27(2)19-5-3-4-17(12-19)25-21(28)24-16-10-7-15(23)8-11-16/h3-13,26H,23H2,1-2H3,(H2,24,25,28). The largest absolute Gasteiger partial charge is 0.399 e. The van der Waals surface area contributed by atoms with Crippen molar-refractivity contribution in [3.8, 4) is 0 Å². The number of amides is 2. The number of anilines is 5. The third kappa shape index (κ3) is 5.08. The van der Waals surface area contributed by atoms with E-state index in [4.69, 9.17) is 17.3 Å². The number of nitrogen functional groups attached to an aromatic ring is 1. The molecule has 0 atom stereocenters. The molecule has 0 heterocycles. The second-order valence-corrected chi connectivity index (χ2v) is 6.79. The lowest BCUT2D eigenvalue weighted by atomic mass is 10.2. The zero-order valence-corrected chi connectivity index (χ0v) is 16.4. The normalized spacial score (nSPS) is 10.2. The summed E-state index contributed by atoms with van der Waals surface area (Å²) in [4.78, 5) is 12.2. The van der Waals surface area contributed by atoms with Crippen LogP contribution < -0.4 is 26.8 Å². The average molecular weight is 396 g/mol. The lowest BCUT2D eigenvalue weighted by Gasteiger charge is -2.22. The number of nitrogens with zero attached hydrogens (tertiary/aromatic N) is 1. The Hall–Kier alpha value is -3.38. The zero-order chi connectivity index (χ0) is 20.1. The molecule has 0 aliphatic rings. The van der Waals surface area contributed by atoms with Crippen LogP contribution in [0.15, 0.2) is 66.7 Å². The molecule has 7 heteroatoms. The van der Waals surface area contributed by atoms with E-state index in [1.165, 1.54) is 0 Å². The number of urea groups is 1. The highest BCUT2D eigenvalue weighted by Gasteiger charge is 2.07. The number of rotatable bonds is 5. The summed E-state index contributed by atoms with van der Waals surface area (Å²) < 4.78 is 0. The Balaban J connectivity index is 1.64. The molecule has 6 nitrogen and oxygen atoms in total. The van der Waals surface area contributed by atoms with E-state index in [-0.39, 0.29) is 6.03 Å². The number of nitrogens with one attached hydrogen (secondary N) is 3. The van der Waals surface area contributed by atoms with Gasteiger partial charge in [-0.3, -0.25) is 10.4 Å². The van der Waals surface area contributed by atoms with Crippen molar-refractivity contribution in [2.45, 2.75) is 6.92 Å². The van der Waals surface area contributed by atoms with Crippen molar-refractivity contribution in [3.05, 3.63) is 77.3 Å². The number of nitrogens with two attached hydrogens (primary N) is 1. The topological polar surface area (TPSA) is 82.4 Å². The quantitative estimate of drug-likeness (QED) is 0.347. The van der Waals surface area contributed by atoms with E-state index in [1.807, 2.05) is 61.4 Å². The molecule has 144 valence electrons. The van der Waals surface area contributed by atoms with Crippen LogP contribution in [-0.2, 0) is 0 Å². The van der Waals surface area contributed by atoms with Crippen LogP contribution in [0.25, 0.3) is 0 Å². The van der Waals surface area contributed by atoms with E-state index in [9.17, 15) is 4.79 Å². The predicted octanol–water partition coefficient (Wildman–Crippen LogP) is 5.34. The summed E-state index contributed by atoms with van der Waals surface area (Å²) in [6.07, 6.45) is 0. The fourth-order valence-electron chi connectivity index (χ4n) is 2.57. The van der Waals surface area contributed by atoms with Crippen LogP contribution in [0.3, 0.4) is 0 Å². The molecule has 0 spiro atoms. The first kappa shape index (κ1) is 19.4. The molecule has 0 radical (unpaired) electrons. The van der Waals surface area contributed by atoms with Crippen molar-refractivity contribution >= 4 is 46.1 Å². The van der Waals surface area contributed by atoms with Crippen LogP contribution in [0.1, 0.15) is 5.56 Å². The third-order valence-electron chi connectivity index (χ3n) is 4.13. The maximum Gasteiger partial charge on any atom is 0.323 e. The molecule has 3 rings (SSSR count). The van der Waals surface area contributed by atoms with Crippen molar-refractivity contribution < 1.29 is 4.79 Å². The van der Waals surface area contributed by atoms with E-state index >= 15 is 0 Å². The Morgan fingerprint density at radius 1 is 0.929 bits per heavy atom. The monoisotopic (exact) mass is 395 g/mol. The highest BCUT2D eigenvalue weighted by Crippen LogP contribution is 2.23. The van der Waals surface area contributed by atoms with Crippen LogP contribution in [-0.4, -0.2) is 13.1 Å². The van der Waals surface area contributed by atoms with Crippen LogP contribution in [0.2, 0.25) is 5.02 Å². The Labute approximate surface area is 169 Å². The molecule has 3 aromatic carbocycles. The van der Waals surface area contributed by atoms with Crippen molar-refractivity contribution in [3.63, 3.8) is 0 Å². The first-order valence-corrected chi connectivity index (χ1v) is 9.08. The summed E-state index contributed by atoms with van der Waals surface area (Å²) in [6, 6.07) is 19.9. The van der Waals surface area contributed by atoms with Gasteiger partial charge in [-0.25, -0.2) is 4.79 Å². The molecular weight excluding hydrogens is 374 g/mol. The summed E-state index contributed by atoms with van der Waals surface area (Å²) in [6.45, 7) is 1.96. The Morgan fingerprint density at radius 3 is 2.32 bits per heavy atom. The van der Waals surface area contributed by atoms with Gasteiger partial charge in [0.25, 0.3) is 0 Å². The molecule has 5 N–H and O–H groups in total. The fraction of sp³-hybridized carbons (Fsp3) is 0.0952. The number of hydrazine groups is 1. The van der Waals surface area contributed by atoms with Gasteiger partial charge in [0.15, 0.2) is 0 Å². The summed E-state index contributed by atoms with van der Waals surface area (Å²) in [5, 5.41) is 8.15. The van der Waals surface area contributed by atoms with Gasteiger partial charge in [0.05, 0.1) is 11.4 Å². The van der Waals surface area contributed by atoms with E-state index < -0.39 is 0 Å². The Morgan fingerprint density at radius 2 is 1.61 bits per heavy atom. The van der Waals surface area contributed by atoms with Gasteiger partial charge in [0.2, 0.25) is 0 Å². The van der Waals surface area contributed by atoms with Crippen molar-refractivity contribution in [2.75, 3.05) is 33.8 Å². The Bertz CT molecular complexity index is 975. The molecule has 28 heavy (non-hydrogen) atoms. The van der Waals surface area contributed by atoms with Gasteiger partial charge >= 0.3 is 6.03 Å². The number of carbonyl (C=O) groups excluding carboxylic acids is 1. The number of carbonyl (C=O) groups is 1. The molecule has 0 bridgehead atoms. The average Bonchev–Trinajstić information content (AvgIpc) is 2.67. The van der Waals surface area contributed by atoms with Gasteiger partial charge in [-0.15, -0.1) is 0 Å². The number of hydrogen-bond donors (Lipinski definition) is 4. The summed E-state index contributed by atoms with van der Waals surface area (Å²) in [5.41, 5.74) is 13.7. The van der Waals surface area contributed by atoms with E-state index in [1.54, 1.807) is 24.3 Å². The second-order valence-electron chi connectivity index (χ2n) is 6.39. The summed E-state index contributed by atoms with van der Waals surface area (Å²) in [7, 11) is 1.89. The van der Waals surface area contributed by atoms with Gasteiger partial charge in [-0.05, 0) is 67.1 Å². The van der Waals surface area contributed by atoms with Crippen LogP contribution in [0, 0.1) is 6.92 Å². The molecule has 0 saturated carbocycles. The number of benzene rings is 3. The lowest BCUT2D eigenvalue weighted by Crippen LogP contribution is -2.25. The predicted molar refractivity (Wildman–Crippen MR) is 118 cm³/mol. The van der Waals surface area contributed by atoms with Gasteiger partial charge in [-0.1, -0.05) is 23.7 Å². The number of halogens is 1. The third-order valence-corrected chi connectivity index (χ3v) is 4.54. The summed E-state index contributed by atoms with van der Waals surface area (Å²) in [5.74, 6) is 0. The zero-order valence-electron chi connectivity index (χ0n) is 15.7. The van der Waals surface area contributed by atoms with Crippen molar-refractivity contribution in [1.82, 2.24) is 0 Å². The first-order chi connectivity index (χ1) is 13.4. The number of aryl methyl sites for hydroxylation is 1. The van der Waals surface area contributed by atoms with Crippen LogP contribution >= 0.6 is 11.6 Å². The Kier molecular flexibility index (Phi) is 5.91. The van der Waals surface area contributed by atoms with Gasteiger partial charge in [0, 0.05) is 29.1 Å². The molecule has 0 aliphatic heterocycles. The number of hydrogen-bond acceptors (Lipinski definition) is 4. The highest BCUT2D eigenvalue weighted by molar-refractivity contribution is 6.31. The highest BCUT2D eigenvalue weighted by atomic mass is 35.5. The van der Waals surface area contributed by atoms with Gasteiger partial charge < -0.3 is 16.4 Å². The van der Waals surface area contributed by atoms with Crippen LogP contribution in [0.4, 0.5) is 33.2 Å². The molecule has 0 aromatic heterocycles. The molecule has 0 saturated heterocycles. The lowest BCUT2D eigenvalue weighted by molar-refractivity contribution is 0.262. The fourth-order valence-corrected chi connectivity index (χ4v) is 2.75. The molecule has 3 aromatic rings. The molecule has 2 amide bonds. The summed E-state index contributed by atoms with van der Waals surface area (Å²) >= 11 is 6.18. The van der Waals surface area contributed by atoms with Crippen molar-refractivity contribution in [1.29, 1.82) is 0 Å². The smallest absolute Gasteiger partial charge is 0.323 e. The van der Waals surface area contributed by atoms with Crippen LogP contribution in [0.5, 0.6) is 0 Å². The molecule has 0 aliphatic carbocycles. The van der Waals surface area contributed by atoms with Gasteiger partial charge in [-0.2, -0.15) is 0 Å². The minimum Gasteiger partial charge on any atom is -0.399 e. The van der Waals surface area contributed by atoms with E-state index in [2.05, 4.69) is 16.1 Å². The minimum absolute atomic E-state index is 0.331. The van der Waals surface area contributed by atoms with Gasteiger partial charge in [0.1, 0.15) is 0 Å². The minimum atomic E-state index is -0.331. The molecular formula is C21H22ClN5O.